The molecular weight excluding hydrogens is 297 g/mol. The second-order valence-electron chi connectivity index (χ2n) is 4.82. The second kappa shape index (κ2) is 7.11. The maximum absolute atomic E-state index is 12.0. The standard InChI is InChI=1S/C15H17Cl2NO2/c1-18(10-11-4-3-9-20-11)15(19)8-7-12-13(16)5-2-6-14(12)17/h2,5-8,11H,3-4,9-10H2,1H3/b8-7+/t11-/m0/s1. The highest BCUT2D eigenvalue weighted by Gasteiger charge is 2.18. The molecule has 108 valence electrons. The van der Waals surface area contributed by atoms with E-state index in [9.17, 15) is 4.79 Å². The Morgan fingerprint density at radius 1 is 1.45 bits per heavy atom. The van der Waals surface area contributed by atoms with Gasteiger partial charge in [-0.1, -0.05) is 29.3 Å². The maximum Gasteiger partial charge on any atom is 0.246 e. The first kappa shape index (κ1) is 15.4. The minimum atomic E-state index is -0.0866. The fraction of sp³-hybridized carbons (Fsp3) is 0.400. The predicted octanol–water partition coefficient (Wildman–Crippen LogP) is 3.64. The van der Waals surface area contributed by atoms with E-state index in [4.69, 9.17) is 27.9 Å². The molecule has 0 aromatic heterocycles. The normalized spacial score (nSPS) is 18.6. The van der Waals surface area contributed by atoms with Crippen LogP contribution >= 0.6 is 23.2 Å². The van der Waals surface area contributed by atoms with E-state index in [0.717, 1.165) is 19.4 Å². The van der Waals surface area contributed by atoms with Crippen LogP contribution in [0.1, 0.15) is 18.4 Å². The number of hydrogen-bond acceptors (Lipinski definition) is 2. The average molecular weight is 314 g/mol. The zero-order valence-corrected chi connectivity index (χ0v) is 12.8. The van der Waals surface area contributed by atoms with Crippen LogP contribution in [0.25, 0.3) is 6.08 Å². The molecule has 1 heterocycles. The van der Waals surface area contributed by atoms with Gasteiger partial charge in [-0.3, -0.25) is 4.79 Å². The molecule has 5 heteroatoms. The Balaban J connectivity index is 1.97. The van der Waals surface area contributed by atoms with Gasteiger partial charge in [-0.25, -0.2) is 0 Å². The molecule has 0 unspecified atom stereocenters. The summed E-state index contributed by atoms with van der Waals surface area (Å²) >= 11 is 12.1. The van der Waals surface area contributed by atoms with Crippen molar-refractivity contribution in [3.05, 3.63) is 39.9 Å². The third kappa shape index (κ3) is 3.98. The average Bonchev–Trinajstić information content (AvgIpc) is 2.90. The lowest BCUT2D eigenvalue weighted by atomic mass is 10.2. The van der Waals surface area contributed by atoms with Gasteiger partial charge >= 0.3 is 0 Å². The SMILES string of the molecule is CN(C[C@@H]1CCCO1)C(=O)/C=C/c1c(Cl)cccc1Cl. The number of rotatable bonds is 4. The first-order valence-electron chi connectivity index (χ1n) is 6.56. The van der Waals surface area contributed by atoms with Gasteiger partial charge in [-0.05, 0) is 31.1 Å². The van der Waals surface area contributed by atoms with Gasteiger partial charge in [0, 0.05) is 41.9 Å². The van der Waals surface area contributed by atoms with Crippen molar-refractivity contribution in [2.75, 3.05) is 20.2 Å². The summed E-state index contributed by atoms with van der Waals surface area (Å²) in [5, 5.41) is 1.06. The highest BCUT2D eigenvalue weighted by atomic mass is 35.5. The predicted molar refractivity (Wildman–Crippen MR) is 82.1 cm³/mol. The van der Waals surface area contributed by atoms with E-state index in [0.29, 0.717) is 22.2 Å². The van der Waals surface area contributed by atoms with Crippen LogP contribution in [0.2, 0.25) is 10.0 Å². The summed E-state index contributed by atoms with van der Waals surface area (Å²) in [6, 6.07) is 5.26. The molecular formula is C15H17Cl2NO2. The Hall–Kier alpha value is -1.03. The van der Waals surface area contributed by atoms with E-state index in [1.165, 1.54) is 6.08 Å². The molecule has 1 aliphatic heterocycles. The lowest BCUT2D eigenvalue weighted by Gasteiger charge is -2.19. The van der Waals surface area contributed by atoms with Gasteiger partial charge in [-0.15, -0.1) is 0 Å². The number of nitrogens with zero attached hydrogens (tertiary/aromatic N) is 1. The molecule has 1 aromatic rings. The van der Waals surface area contributed by atoms with E-state index < -0.39 is 0 Å². The second-order valence-corrected chi connectivity index (χ2v) is 5.64. The smallest absolute Gasteiger partial charge is 0.246 e. The molecule has 0 bridgehead atoms. The third-order valence-corrected chi connectivity index (χ3v) is 3.93. The minimum absolute atomic E-state index is 0.0866. The van der Waals surface area contributed by atoms with Gasteiger partial charge in [0.05, 0.1) is 6.10 Å². The first-order valence-corrected chi connectivity index (χ1v) is 7.32. The third-order valence-electron chi connectivity index (χ3n) is 3.27. The van der Waals surface area contributed by atoms with Crippen molar-refractivity contribution in [1.29, 1.82) is 0 Å². The topological polar surface area (TPSA) is 29.5 Å². The van der Waals surface area contributed by atoms with Crippen LogP contribution in [0.15, 0.2) is 24.3 Å². The molecule has 0 aliphatic carbocycles. The van der Waals surface area contributed by atoms with Crippen LogP contribution in [0.3, 0.4) is 0 Å². The number of amides is 1. The van der Waals surface area contributed by atoms with Crippen LogP contribution in [0, 0.1) is 0 Å². The Morgan fingerprint density at radius 2 is 2.15 bits per heavy atom. The van der Waals surface area contributed by atoms with E-state index in [-0.39, 0.29) is 12.0 Å². The summed E-state index contributed by atoms with van der Waals surface area (Å²) in [5.74, 6) is -0.0866. The zero-order chi connectivity index (χ0) is 14.5. The fourth-order valence-electron chi connectivity index (χ4n) is 2.14. The number of halogens is 2. The van der Waals surface area contributed by atoms with Gasteiger partial charge in [0.1, 0.15) is 0 Å². The van der Waals surface area contributed by atoms with Crippen LogP contribution in [-0.2, 0) is 9.53 Å². The lowest BCUT2D eigenvalue weighted by Crippen LogP contribution is -2.32. The van der Waals surface area contributed by atoms with E-state index in [2.05, 4.69) is 0 Å². The zero-order valence-electron chi connectivity index (χ0n) is 11.3. The first-order chi connectivity index (χ1) is 9.58. The Morgan fingerprint density at radius 3 is 2.75 bits per heavy atom. The monoisotopic (exact) mass is 313 g/mol. The van der Waals surface area contributed by atoms with Crippen molar-refractivity contribution in [3.8, 4) is 0 Å². The summed E-state index contributed by atoms with van der Waals surface area (Å²) in [5.41, 5.74) is 0.662. The van der Waals surface area contributed by atoms with Gasteiger partial charge in [0.15, 0.2) is 0 Å². The molecule has 3 nitrogen and oxygen atoms in total. The summed E-state index contributed by atoms with van der Waals surface area (Å²) in [4.78, 5) is 13.7. The van der Waals surface area contributed by atoms with Crippen LogP contribution in [-0.4, -0.2) is 37.1 Å². The molecule has 1 atom stereocenters. The van der Waals surface area contributed by atoms with Crippen molar-refractivity contribution < 1.29 is 9.53 Å². The molecule has 1 aliphatic rings. The van der Waals surface area contributed by atoms with Crippen molar-refractivity contribution in [1.82, 2.24) is 4.90 Å². The fourth-order valence-corrected chi connectivity index (χ4v) is 2.66. The number of carbonyl (C=O) groups excluding carboxylic acids is 1. The Kier molecular flexibility index (Phi) is 5.46. The number of carbonyl (C=O) groups is 1. The molecule has 0 radical (unpaired) electrons. The van der Waals surface area contributed by atoms with Crippen LogP contribution in [0.5, 0.6) is 0 Å². The molecule has 1 fully saturated rings. The summed E-state index contributed by atoms with van der Waals surface area (Å²) in [6.45, 7) is 1.40. The largest absolute Gasteiger partial charge is 0.376 e. The molecule has 1 amide bonds. The molecule has 0 saturated carbocycles. The highest BCUT2D eigenvalue weighted by molar-refractivity contribution is 6.37. The van der Waals surface area contributed by atoms with Crippen molar-refractivity contribution in [2.24, 2.45) is 0 Å². The Labute approximate surface area is 129 Å². The lowest BCUT2D eigenvalue weighted by molar-refractivity contribution is -0.126. The van der Waals surface area contributed by atoms with Crippen LogP contribution in [0.4, 0.5) is 0 Å². The highest BCUT2D eigenvalue weighted by Crippen LogP contribution is 2.25. The van der Waals surface area contributed by atoms with E-state index in [1.807, 2.05) is 0 Å². The van der Waals surface area contributed by atoms with Gasteiger partial charge in [0.2, 0.25) is 5.91 Å². The molecule has 0 spiro atoms. The van der Waals surface area contributed by atoms with E-state index in [1.54, 1.807) is 36.2 Å². The quantitative estimate of drug-likeness (QED) is 0.794. The molecule has 0 N–H and O–H groups in total. The molecule has 2 rings (SSSR count). The van der Waals surface area contributed by atoms with Crippen molar-refractivity contribution in [3.63, 3.8) is 0 Å². The molecule has 20 heavy (non-hydrogen) atoms. The number of ether oxygens (including phenoxy) is 1. The maximum atomic E-state index is 12.0. The number of hydrogen-bond donors (Lipinski definition) is 0. The minimum Gasteiger partial charge on any atom is -0.376 e. The summed E-state index contributed by atoms with van der Waals surface area (Å²) in [6.07, 6.45) is 5.37. The molecule has 1 saturated heterocycles. The van der Waals surface area contributed by atoms with E-state index >= 15 is 0 Å². The summed E-state index contributed by atoms with van der Waals surface area (Å²) < 4.78 is 5.51. The van der Waals surface area contributed by atoms with Crippen LogP contribution < -0.4 is 0 Å². The van der Waals surface area contributed by atoms with Gasteiger partial charge in [0.25, 0.3) is 0 Å². The number of benzene rings is 1. The van der Waals surface area contributed by atoms with Crippen molar-refractivity contribution >= 4 is 35.2 Å². The van der Waals surface area contributed by atoms with Gasteiger partial charge in [-0.2, -0.15) is 0 Å². The molecule has 1 aromatic carbocycles. The Bertz CT molecular complexity index is 490. The van der Waals surface area contributed by atoms with Gasteiger partial charge < -0.3 is 9.64 Å². The number of likely N-dealkylation sites (N-methyl/N-ethyl adjacent to an activating group) is 1. The summed E-state index contributed by atoms with van der Waals surface area (Å²) in [7, 11) is 1.77. The van der Waals surface area contributed by atoms with Crippen molar-refractivity contribution in [2.45, 2.75) is 18.9 Å².